The predicted molar refractivity (Wildman–Crippen MR) is 67.3 cm³/mol. The standard InChI is InChI=1S/C13H20N2O/c1-3-6-11-7-4-5-8-12(11)15-9-10(2)13(14)16/h4-5,7-8,10,15H,3,6,9H2,1-2H3,(H2,14,16). The SMILES string of the molecule is CCCc1ccccc1NCC(C)C(N)=O. The second kappa shape index (κ2) is 6.16. The third-order valence-electron chi connectivity index (χ3n) is 2.62. The quantitative estimate of drug-likeness (QED) is 0.772. The summed E-state index contributed by atoms with van der Waals surface area (Å²) in [4.78, 5) is 10.9. The Labute approximate surface area is 97.0 Å². The van der Waals surface area contributed by atoms with Crippen LogP contribution in [0.4, 0.5) is 5.69 Å². The van der Waals surface area contributed by atoms with Crippen molar-refractivity contribution in [3.05, 3.63) is 29.8 Å². The number of nitrogens with two attached hydrogens (primary N) is 1. The third kappa shape index (κ3) is 3.57. The van der Waals surface area contributed by atoms with Gasteiger partial charge < -0.3 is 11.1 Å². The zero-order valence-electron chi connectivity index (χ0n) is 9.99. The van der Waals surface area contributed by atoms with Crippen LogP contribution < -0.4 is 11.1 Å². The summed E-state index contributed by atoms with van der Waals surface area (Å²) in [5, 5.41) is 3.28. The summed E-state index contributed by atoms with van der Waals surface area (Å²) in [6.07, 6.45) is 2.16. The van der Waals surface area contributed by atoms with Gasteiger partial charge in [-0.3, -0.25) is 4.79 Å². The lowest BCUT2D eigenvalue weighted by atomic mass is 10.1. The Hall–Kier alpha value is -1.51. The molecule has 1 aromatic carbocycles. The van der Waals surface area contributed by atoms with E-state index >= 15 is 0 Å². The van der Waals surface area contributed by atoms with Crippen molar-refractivity contribution >= 4 is 11.6 Å². The highest BCUT2D eigenvalue weighted by atomic mass is 16.1. The Bertz CT molecular complexity index is 350. The number of carbonyl (C=O) groups excluding carboxylic acids is 1. The Morgan fingerprint density at radius 3 is 2.75 bits per heavy atom. The molecule has 0 spiro atoms. The zero-order chi connectivity index (χ0) is 12.0. The van der Waals surface area contributed by atoms with Gasteiger partial charge in [0.2, 0.25) is 5.91 Å². The third-order valence-corrected chi connectivity index (χ3v) is 2.62. The molecule has 0 bridgehead atoms. The molecule has 0 heterocycles. The smallest absolute Gasteiger partial charge is 0.222 e. The fourth-order valence-electron chi connectivity index (χ4n) is 1.54. The van der Waals surface area contributed by atoms with Gasteiger partial charge in [-0.1, -0.05) is 38.5 Å². The number of nitrogens with one attached hydrogen (secondary N) is 1. The van der Waals surface area contributed by atoms with Gasteiger partial charge in [-0.15, -0.1) is 0 Å². The molecule has 0 aliphatic rings. The minimum Gasteiger partial charge on any atom is -0.384 e. The largest absolute Gasteiger partial charge is 0.384 e. The molecule has 0 aromatic heterocycles. The molecule has 1 amide bonds. The highest BCUT2D eigenvalue weighted by Crippen LogP contribution is 2.17. The monoisotopic (exact) mass is 220 g/mol. The van der Waals surface area contributed by atoms with Crippen LogP contribution in [-0.4, -0.2) is 12.5 Å². The van der Waals surface area contributed by atoms with Crippen LogP contribution in [-0.2, 0) is 11.2 Å². The maximum Gasteiger partial charge on any atom is 0.222 e. The Kier molecular flexibility index (Phi) is 4.83. The number of aryl methyl sites for hydroxylation is 1. The van der Waals surface area contributed by atoms with Crippen molar-refractivity contribution < 1.29 is 4.79 Å². The van der Waals surface area contributed by atoms with E-state index in [0.717, 1.165) is 18.5 Å². The van der Waals surface area contributed by atoms with Gasteiger partial charge in [-0.2, -0.15) is 0 Å². The van der Waals surface area contributed by atoms with E-state index in [-0.39, 0.29) is 11.8 Å². The molecule has 3 heteroatoms. The van der Waals surface area contributed by atoms with E-state index in [2.05, 4.69) is 18.3 Å². The van der Waals surface area contributed by atoms with Crippen molar-refractivity contribution in [1.29, 1.82) is 0 Å². The predicted octanol–water partition coefficient (Wildman–Crippen LogP) is 2.17. The molecule has 3 N–H and O–H groups in total. The Balaban J connectivity index is 2.62. The number of anilines is 1. The van der Waals surface area contributed by atoms with E-state index in [1.165, 1.54) is 5.56 Å². The molecule has 1 rings (SSSR count). The molecule has 16 heavy (non-hydrogen) atoms. The average molecular weight is 220 g/mol. The molecule has 0 saturated carbocycles. The van der Waals surface area contributed by atoms with Gasteiger partial charge in [-0.25, -0.2) is 0 Å². The highest BCUT2D eigenvalue weighted by Gasteiger charge is 2.08. The summed E-state index contributed by atoms with van der Waals surface area (Å²) < 4.78 is 0. The lowest BCUT2D eigenvalue weighted by Crippen LogP contribution is -2.27. The number of amides is 1. The molecule has 1 atom stereocenters. The van der Waals surface area contributed by atoms with Gasteiger partial charge in [0.05, 0.1) is 5.92 Å². The van der Waals surface area contributed by atoms with Crippen LogP contribution in [0.25, 0.3) is 0 Å². The number of carbonyl (C=O) groups is 1. The van der Waals surface area contributed by atoms with Crippen molar-refractivity contribution in [2.75, 3.05) is 11.9 Å². The maximum absolute atomic E-state index is 10.9. The van der Waals surface area contributed by atoms with Crippen LogP contribution in [0.5, 0.6) is 0 Å². The summed E-state index contributed by atoms with van der Waals surface area (Å²) in [5.41, 5.74) is 7.62. The van der Waals surface area contributed by atoms with E-state index in [9.17, 15) is 4.79 Å². The molecule has 0 aliphatic carbocycles. The summed E-state index contributed by atoms with van der Waals surface area (Å²) in [5.74, 6) is -0.407. The summed E-state index contributed by atoms with van der Waals surface area (Å²) >= 11 is 0. The van der Waals surface area contributed by atoms with Crippen molar-refractivity contribution in [3.63, 3.8) is 0 Å². The summed E-state index contributed by atoms with van der Waals surface area (Å²) in [6, 6.07) is 8.18. The zero-order valence-corrected chi connectivity index (χ0v) is 9.99. The van der Waals surface area contributed by atoms with Crippen molar-refractivity contribution in [3.8, 4) is 0 Å². The lowest BCUT2D eigenvalue weighted by molar-refractivity contribution is -0.120. The molecule has 0 aliphatic heterocycles. The second-order valence-electron chi connectivity index (χ2n) is 4.09. The first-order valence-electron chi connectivity index (χ1n) is 5.76. The number of rotatable bonds is 6. The average Bonchev–Trinajstić information content (AvgIpc) is 2.27. The van der Waals surface area contributed by atoms with Crippen LogP contribution in [0.3, 0.4) is 0 Å². The first kappa shape index (κ1) is 12.6. The first-order chi connectivity index (χ1) is 7.65. The molecule has 88 valence electrons. The van der Waals surface area contributed by atoms with E-state index in [4.69, 9.17) is 5.73 Å². The number of hydrogen-bond acceptors (Lipinski definition) is 2. The maximum atomic E-state index is 10.9. The molecule has 1 unspecified atom stereocenters. The van der Waals surface area contributed by atoms with Crippen LogP contribution in [0.1, 0.15) is 25.8 Å². The Morgan fingerprint density at radius 2 is 2.12 bits per heavy atom. The highest BCUT2D eigenvalue weighted by molar-refractivity contribution is 5.76. The van der Waals surface area contributed by atoms with Gasteiger partial charge in [0.1, 0.15) is 0 Å². The topological polar surface area (TPSA) is 55.1 Å². The van der Waals surface area contributed by atoms with Crippen LogP contribution in [0, 0.1) is 5.92 Å². The van der Waals surface area contributed by atoms with Crippen LogP contribution in [0.2, 0.25) is 0 Å². The molecule has 0 fully saturated rings. The fourth-order valence-corrected chi connectivity index (χ4v) is 1.54. The van der Waals surface area contributed by atoms with E-state index < -0.39 is 0 Å². The molecule has 0 radical (unpaired) electrons. The van der Waals surface area contributed by atoms with Crippen molar-refractivity contribution in [2.45, 2.75) is 26.7 Å². The first-order valence-corrected chi connectivity index (χ1v) is 5.76. The number of benzene rings is 1. The summed E-state index contributed by atoms with van der Waals surface area (Å²) in [7, 11) is 0. The van der Waals surface area contributed by atoms with Gasteiger partial charge >= 0.3 is 0 Å². The molecule has 1 aromatic rings. The number of primary amides is 1. The molecule has 3 nitrogen and oxygen atoms in total. The van der Waals surface area contributed by atoms with Crippen LogP contribution >= 0.6 is 0 Å². The normalized spacial score (nSPS) is 12.1. The van der Waals surface area contributed by atoms with E-state index in [0.29, 0.717) is 6.54 Å². The number of hydrogen-bond donors (Lipinski definition) is 2. The van der Waals surface area contributed by atoms with E-state index in [1.807, 2.05) is 25.1 Å². The van der Waals surface area contributed by atoms with E-state index in [1.54, 1.807) is 0 Å². The van der Waals surface area contributed by atoms with Gasteiger partial charge in [0.15, 0.2) is 0 Å². The lowest BCUT2D eigenvalue weighted by Gasteiger charge is -2.13. The van der Waals surface area contributed by atoms with Crippen LogP contribution in [0.15, 0.2) is 24.3 Å². The van der Waals surface area contributed by atoms with Gasteiger partial charge in [-0.05, 0) is 18.1 Å². The minimum atomic E-state index is -0.263. The van der Waals surface area contributed by atoms with Crippen molar-refractivity contribution in [1.82, 2.24) is 0 Å². The van der Waals surface area contributed by atoms with Gasteiger partial charge in [0, 0.05) is 12.2 Å². The Morgan fingerprint density at radius 1 is 1.44 bits per heavy atom. The van der Waals surface area contributed by atoms with Crippen molar-refractivity contribution in [2.24, 2.45) is 11.7 Å². The minimum absolute atomic E-state index is 0.144. The fraction of sp³-hybridized carbons (Fsp3) is 0.462. The molecular formula is C13H20N2O. The number of para-hydroxylation sites is 1. The molecule has 0 saturated heterocycles. The summed E-state index contributed by atoms with van der Waals surface area (Å²) in [6.45, 7) is 4.58. The molecular weight excluding hydrogens is 200 g/mol. The van der Waals surface area contributed by atoms with Gasteiger partial charge in [0.25, 0.3) is 0 Å². The second-order valence-corrected chi connectivity index (χ2v) is 4.09.